The zero-order valence-corrected chi connectivity index (χ0v) is 16.0. The molecule has 3 saturated carbocycles. The Labute approximate surface area is 165 Å². The van der Waals surface area contributed by atoms with Crippen LogP contribution in [0.2, 0.25) is 10.0 Å². The molecule has 0 saturated heterocycles. The average Bonchev–Trinajstić information content (AvgIpc) is 2.99. The number of aryl methyl sites for hydroxylation is 1. The van der Waals surface area contributed by atoms with Crippen molar-refractivity contribution in [2.75, 3.05) is 6.61 Å². The number of nitrogens with zero attached hydrogens (tertiary/aromatic N) is 1. The number of rotatable bonds is 6. The third-order valence-corrected chi connectivity index (χ3v) is 5.66. The van der Waals surface area contributed by atoms with Crippen LogP contribution in [-0.2, 0) is 4.79 Å². The maximum Gasteiger partial charge on any atom is 0.289 e. The number of halogens is 2. The van der Waals surface area contributed by atoms with E-state index in [2.05, 4.69) is 15.6 Å². The largest absolute Gasteiger partial charge is 0.484 e. The molecule has 0 atom stereocenters. The molecule has 9 heteroatoms. The van der Waals surface area contributed by atoms with Crippen LogP contribution in [0.25, 0.3) is 0 Å². The molecule has 0 radical (unpaired) electrons. The van der Waals surface area contributed by atoms with Gasteiger partial charge in [-0.25, -0.2) is 4.98 Å². The lowest BCUT2D eigenvalue weighted by molar-refractivity contribution is -0.141. The number of nitrogens with one attached hydrogen (secondary N) is 2. The lowest BCUT2D eigenvalue weighted by atomic mass is 9.44. The first kappa shape index (κ1) is 18.1. The van der Waals surface area contributed by atoms with Crippen molar-refractivity contribution in [2.45, 2.75) is 37.3 Å². The number of ether oxygens (including phenoxy) is 1. The molecule has 5 rings (SSSR count). The molecule has 3 fully saturated rings. The fourth-order valence-corrected chi connectivity index (χ4v) is 4.16. The van der Waals surface area contributed by atoms with Crippen molar-refractivity contribution < 1.29 is 18.7 Å². The maximum atomic E-state index is 12.2. The lowest BCUT2D eigenvalue weighted by Gasteiger charge is -2.70. The molecule has 3 aliphatic rings. The van der Waals surface area contributed by atoms with Crippen LogP contribution in [0, 0.1) is 6.92 Å². The van der Waals surface area contributed by atoms with Gasteiger partial charge in [-0.15, -0.1) is 0 Å². The highest BCUT2D eigenvalue weighted by atomic mass is 35.5. The van der Waals surface area contributed by atoms with Gasteiger partial charge in [0.2, 0.25) is 5.76 Å². The monoisotopic (exact) mass is 409 g/mol. The highest BCUT2D eigenvalue weighted by Crippen LogP contribution is 2.60. The van der Waals surface area contributed by atoms with Crippen LogP contribution >= 0.6 is 23.2 Å². The summed E-state index contributed by atoms with van der Waals surface area (Å²) in [6.45, 7) is 1.57. The molecule has 1 aromatic heterocycles. The molecule has 0 unspecified atom stereocenters. The van der Waals surface area contributed by atoms with Crippen molar-refractivity contribution in [2.24, 2.45) is 0 Å². The summed E-state index contributed by atoms with van der Waals surface area (Å²) in [6.07, 6.45) is 3.49. The topological polar surface area (TPSA) is 93.5 Å². The first-order valence-electron chi connectivity index (χ1n) is 8.42. The number of oxazole rings is 1. The quantitative estimate of drug-likeness (QED) is 0.764. The van der Waals surface area contributed by atoms with Gasteiger partial charge in [-0.3, -0.25) is 9.59 Å². The van der Waals surface area contributed by atoms with E-state index in [4.69, 9.17) is 32.4 Å². The van der Waals surface area contributed by atoms with Gasteiger partial charge in [0.15, 0.2) is 12.5 Å². The summed E-state index contributed by atoms with van der Waals surface area (Å²) in [5.41, 5.74) is -0.529. The Bertz CT molecular complexity index is 907. The molecular formula is C18H17Cl2N3O4. The lowest BCUT2D eigenvalue weighted by Crippen LogP contribution is -2.84. The highest BCUT2D eigenvalue weighted by molar-refractivity contribution is 6.42. The molecule has 0 aliphatic heterocycles. The molecule has 1 heterocycles. The van der Waals surface area contributed by atoms with Crippen molar-refractivity contribution >= 4 is 35.0 Å². The van der Waals surface area contributed by atoms with E-state index in [1.807, 2.05) is 0 Å². The third kappa shape index (κ3) is 3.49. The molecule has 2 bridgehead atoms. The Balaban J connectivity index is 1.23. The zero-order valence-electron chi connectivity index (χ0n) is 14.5. The van der Waals surface area contributed by atoms with Crippen LogP contribution in [0.4, 0.5) is 0 Å². The summed E-state index contributed by atoms with van der Waals surface area (Å²) in [6, 6.07) is 4.83. The molecule has 27 heavy (non-hydrogen) atoms. The van der Waals surface area contributed by atoms with Gasteiger partial charge in [-0.2, -0.15) is 0 Å². The van der Waals surface area contributed by atoms with E-state index < -0.39 is 0 Å². The van der Waals surface area contributed by atoms with Gasteiger partial charge < -0.3 is 19.8 Å². The molecule has 2 amide bonds. The Kier molecular flexibility index (Phi) is 4.31. The SMILES string of the molecule is Cc1ncc(C(=O)NC23CC(NC(=O)COc4ccc(Cl)c(Cl)c4)(C2)C3)o1. The van der Waals surface area contributed by atoms with Crippen LogP contribution in [-0.4, -0.2) is 34.5 Å². The first-order valence-corrected chi connectivity index (χ1v) is 9.18. The summed E-state index contributed by atoms with van der Waals surface area (Å²) in [7, 11) is 0. The molecule has 1 aromatic carbocycles. The smallest absolute Gasteiger partial charge is 0.289 e. The highest BCUT2D eigenvalue weighted by Gasteiger charge is 2.69. The Hall–Kier alpha value is -2.25. The van der Waals surface area contributed by atoms with Gasteiger partial charge in [0.05, 0.1) is 16.2 Å². The van der Waals surface area contributed by atoms with E-state index in [9.17, 15) is 9.59 Å². The van der Waals surface area contributed by atoms with Gasteiger partial charge >= 0.3 is 0 Å². The number of aromatic nitrogens is 1. The Morgan fingerprint density at radius 3 is 2.52 bits per heavy atom. The number of amides is 2. The van der Waals surface area contributed by atoms with E-state index in [-0.39, 0.29) is 35.3 Å². The number of benzene rings is 1. The summed E-state index contributed by atoms with van der Waals surface area (Å²) < 4.78 is 10.7. The molecule has 3 aliphatic carbocycles. The number of hydrogen-bond acceptors (Lipinski definition) is 5. The Morgan fingerprint density at radius 1 is 1.19 bits per heavy atom. The number of carbonyl (C=O) groups is 2. The van der Waals surface area contributed by atoms with Crippen LogP contribution in [0.3, 0.4) is 0 Å². The summed E-state index contributed by atoms with van der Waals surface area (Å²) in [5, 5.41) is 6.76. The second-order valence-electron chi connectivity index (χ2n) is 7.20. The predicted molar refractivity (Wildman–Crippen MR) is 98.1 cm³/mol. The van der Waals surface area contributed by atoms with Gasteiger partial charge in [0.25, 0.3) is 11.8 Å². The van der Waals surface area contributed by atoms with E-state index in [0.717, 1.165) is 0 Å². The van der Waals surface area contributed by atoms with Gasteiger partial charge in [-0.05, 0) is 31.4 Å². The van der Waals surface area contributed by atoms with Crippen LogP contribution < -0.4 is 15.4 Å². The van der Waals surface area contributed by atoms with Crippen LogP contribution in [0.5, 0.6) is 5.75 Å². The van der Waals surface area contributed by atoms with Gasteiger partial charge in [-0.1, -0.05) is 23.2 Å². The third-order valence-electron chi connectivity index (χ3n) is 4.92. The molecule has 0 spiro atoms. The molecule has 7 nitrogen and oxygen atoms in total. The number of carbonyl (C=O) groups excluding carboxylic acids is 2. The fraction of sp³-hybridized carbons (Fsp3) is 0.389. The average molecular weight is 410 g/mol. The molecule has 142 valence electrons. The first-order chi connectivity index (χ1) is 12.8. The zero-order chi connectivity index (χ0) is 19.2. The van der Waals surface area contributed by atoms with E-state index in [0.29, 0.717) is 40.9 Å². The van der Waals surface area contributed by atoms with Gasteiger partial charge in [0, 0.05) is 24.1 Å². The minimum Gasteiger partial charge on any atom is -0.484 e. The van der Waals surface area contributed by atoms with Crippen LogP contribution in [0.1, 0.15) is 35.7 Å². The predicted octanol–water partition coefficient (Wildman–Crippen LogP) is 2.89. The summed E-state index contributed by atoms with van der Waals surface area (Å²) >= 11 is 11.8. The van der Waals surface area contributed by atoms with Crippen molar-refractivity contribution in [3.05, 3.63) is 46.1 Å². The van der Waals surface area contributed by atoms with Crippen molar-refractivity contribution in [1.29, 1.82) is 0 Å². The van der Waals surface area contributed by atoms with E-state index in [1.165, 1.54) is 6.20 Å². The van der Waals surface area contributed by atoms with Crippen molar-refractivity contribution in [1.82, 2.24) is 15.6 Å². The van der Waals surface area contributed by atoms with Crippen LogP contribution in [0.15, 0.2) is 28.8 Å². The summed E-state index contributed by atoms with van der Waals surface area (Å²) in [5.74, 6) is 0.627. The standard InChI is InChI=1S/C18H17Cl2N3O4/c1-10-21-5-14(27-10)16(25)23-18-7-17(8-18,9-18)22-15(24)6-26-11-2-3-12(19)13(20)4-11/h2-5H,6-9H2,1H3,(H,22,24)(H,23,25). The second kappa shape index (κ2) is 6.42. The van der Waals surface area contributed by atoms with E-state index in [1.54, 1.807) is 25.1 Å². The minimum absolute atomic E-state index is 0.115. The van der Waals surface area contributed by atoms with Gasteiger partial charge in [0.1, 0.15) is 5.75 Å². The number of hydrogen-bond donors (Lipinski definition) is 2. The Morgan fingerprint density at radius 2 is 1.89 bits per heavy atom. The second-order valence-corrected chi connectivity index (χ2v) is 8.02. The molecular weight excluding hydrogens is 393 g/mol. The van der Waals surface area contributed by atoms with E-state index >= 15 is 0 Å². The maximum absolute atomic E-state index is 12.2. The molecule has 2 N–H and O–H groups in total. The molecule has 2 aromatic rings. The normalized spacial score (nSPS) is 25.1. The van der Waals surface area contributed by atoms with Crippen molar-refractivity contribution in [3.8, 4) is 5.75 Å². The minimum atomic E-state index is -0.279. The summed E-state index contributed by atoms with van der Waals surface area (Å²) in [4.78, 5) is 28.2. The van der Waals surface area contributed by atoms with Crippen molar-refractivity contribution in [3.63, 3.8) is 0 Å². The fourth-order valence-electron chi connectivity index (χ4n) is 3.87.